The number of aromatic nitrogens is 2. The summed E-state index contributed by atoms with van der Waals surface area (Å²) in [5, 5.41) is 15.3. The second-order valence-electron chi connectivity index (χ2n) is 4.47. The van der Waals surface area contributed by atoms with Crippen LogP contribution in [0.25, 0.3) is 6.08 Å². The van der Waals surface area contributed by atoms with Crippen molar-refractivity contribution in [3.05, 3.63) is 59.4 Å². The predicted octanol–water partition coefficient (Wildman–Crippen LogP) is 1.45. The average Bonchev–Trinajstić information content (AvgIpc) is 2.90. The molecule has 0 aliphatic heterocycles. The molecule has 2 N–H and O–H groups in total. The molecule has 1 heterocycles. The van der Waals surface area contributed by atoms with Crippen LogP contribution in [-0.4, -0.2) is 26.8 Å². The summed E-state index contributed by atoms with van der Waals surface area (Å²) in [6, 6.07) is 8.90. The predicted molar refractivity (Wildman–Crippen MR) is 77.5 cm³/mol. The fourth-order valence-electron chi connectivity index (χ4n) is 1.72. The lowest BCUT2D eigenvalue weighted by Crippen LogP contribution is -2.23. The highest BCUT2D eigenvalue weighted by molar-refractivity contribution is 5.92. The molecule has 1 amide bonds. The third-order valence-corrected chi connectivity index (χ3v) is 2.80. The Morgan fingerprint density at radius 3 is 2.57 bits per heavy atom. The number of carbonyl (C=O) groups is 2. The van der Waals surface area contributed by atoms with Gasteiger partial charge in [-0.1, -0.05) is 24.3 Å². The lowest BCUT2D eigenvalue weighted by molar-refractivity contribution is -0.131. The number of nitrogens with one attached hydrogen (secondary N) is 1. The largest absolute Gasteiger partial charge is 0.478 e. The summed E-state index contributed by atoms with van der Waals surface area (Å²) in [6.07, 6.45) is 4.30. The third-order valence-electron chi connectivity index (χ3n) is 2.80. The van der Waals surface area contributed by atoms with E-state index in [2.05, 4.69) is 10.4 Å². The Kier molecular flexibility index (Phi) is 4.50. The number of aliphatic carboxylic acids is 1. The Bertz CT molecular complexity index is 672. The van der Waals surface area contributed by atoms with Crippen LogP contribution in [0.15, 0.2) is 42.6 Å². The van der Waals surface area contributed by atoms with Crippen molar-refractivity contribution in [2.75, 3.05) is 0 Å². The first-order chi connectivity index (χ1) is 10.0. The maximum atomic E-state index is 11.8. The fourth-order valence-corrected chi connectivity index (χ4v) is 1.72. The lowest BCUT2D eigenvalue weighted by Gasteiger charge is -2.04. The van der Waals surface area contributed by atoms with Crippen LogP contribution in [0, 0.1) is 0 Å². The van der Waals surface area contributed by atoms with Gasteiger partial charge in [0.25, 0.3) is 5.91 Å². The van der Waals surface area contributed by atoms with Crippen molar-refractivity contribution < 1.29 is 14.7 Å². The number of aryl methyl sites for hydroxylation is 1. The van der Waals surface area contributed by atoms with Gasteiger partial charge < -0.3 is 10.4 Å². The minimum atomic E-state index is -0.985. The molecule has 6 nitrogen and oxygen atoms in total. The zero-order chi connectivity index (χ0) is 15.2. The first kappa shape index (κ1) is 14.5. The van der Waals surface area contributed by atoms with Crippen LogP contribution in [0.5, 0.6) is 0 Å². The van der Waals surface area contributed by atoms with E-state index >= 15 is 0 Å². The van der Waals surface area contributed by atoms with Crippen LogP contribution >= 0.6 is 0 Å². The van der Waals surface area contributed by atoms with Gasteiger partial charge in [0, 0.05) is 25.9 Å². The summed E-state index contributed by atoms with van der Waals surface area (Å²) in [4.78, 5) is 22.2. The van der Waals surface area contributed by atoms with Gasteiger partial charge in [0.15, 0.2) is 0 Å². The van der Waals surface area contributed by atoms with Crippen LogP contribution in [0.1, 0.15) is 21.6 Å². The Balaban J connectivity index is 1.92. The van der Waals surface area contributed by atoms with E-state index in [-0.39, 0.29) is 5.91 Å². The SMILES string of the molecule is Cn1ccc(C(=O)NCc2ccc(/C=C/C(=O)O)cc2)n1. The van der Waals surface area contributed by atoms with E-state index in [1.165, 1.54) is 6.08 Å². The number of amides is 1. The van der Waals surface area contributed by atoms with Crippen molar-refractivity contribution in [1.82, 2.24) is 15.1 Å². The molecule has 1 aromatic heterocycles. The van der Waals surface area contributed by atoms with Crippen molar-refractivity contribution in [1.29, 1.82) is 0 Å². The third kappa shape index (κ3) is 4.31. The summed E-state index contributed by atoms with van der Waals surface area (Å²) >= 11 is 0. The molecular formula is C15H15N3O3. The Labute approximate surface area is 121 Å². The Morgan fingerprint density at radius 1 is 1.29 bits per heavy atom. The molecule has 0 unspecified atom stereocenters. The molecule has 21 heavy (non-hydrogen) atoms. The number of carboxylic acid groups (broad SMARTS) is 1. The highest BCUT2D eigenvalue weighted by Gasteiger charge is 2.07. The molecule has 0 aliphatic rings. The zero-order valence-electron chi connectivity index (χ0n) is 11.5. The highest BCUT2D eigenvalue weighted by Crippen LogP contribution is 2.06. The summed E-state index contributed by atoms with van der Waals surface area (Å²) in [5.41, 5.74) is 2.09. The maximum Gasteiger partial charge on any atom is 0.328 e. The van der Waals surface area contributed by atoms with Crippen LogP contribution < -0.4 is 5.32 Å². The highest BCUT2D eigenvalue weighted by atomic mass is 16.4. The first-order valence-electron chi connectivity index (χ1n) is 6.32. The molecule has 0 atom stereocenters. The number of benzene rings is 1. The molecule has 0 spiro atoms. The number of hydrogen-bond acceptors (Lipinski definition) is 3. The first-order valence-corrected chi connectivity index (χ1v) is 6.32. The van der Waals surface area contributed by atoms with E-state index in [0.29, 0.717) is 12.2 Å². The normalized spacial score (nSPS) is 10.7. The second-order valence-corrected chi connectivity index (χ2v) is 4.47. The smallest absolute Gasteiger partial charge is 0.328 e. The van der Waals surface area contributed by atoms with Crippen molar-refractivity contribution in [3.63, 3.8) is 0 Å². The van der Waals surface area contributed by atoms with Crippen molar-refractivity contribution in [2.24, 2.45) is 7.05 Å². The van der Waals surface area contributed by atoms with Gasteiger partial charge in [0.2, 0.25) is 0 Å². The second kappa shape index (κ2) is 6.51. The molecule has 2 aromatic rings. The number of nitrogens with zero attached hydrogens (tertiary/aromatic N) is 2. The minimum absolute atomic E-state index is 0.231. The topological polar surface area (TPSA) is 84.2 Å². The Hall–Kier alpha value is -2.89. The molecule has 0 bridgehead atoms. The molecule has 0 saturated heterocycles. The van der Waals surface area contributed by atoms with Crippen LogP contribution in [0.2, 0.25) is 0 Å². The van der Waals surface area contributed by atoms with Gasteiger partial charge in [-0.2, -0.15) is 5.10 Å². The quantitative estimate of drug-likeness (QED) is 0.814. The van der Waals surface area contributed by atoms with Gasteiger partial charge in [-0.3, -0.25) is 9.48 Å². The molecule has 6 heteroatoms. The average molecular weight is 285 g/mol. The van der Waals surface area contributed by atoms with Crippen molar-refractivity contribution in [2.45, 2.75) is 6.54 Å². The number of carboxylic acids is 1. The van der Waals surface area contributed by atoms with E-state index in [1.807, 2.05) is 12.1 Å². The molecular weight excluding hydrogens is 270 g/mol. The van der Waals surface area contributed by atoms with Gasteiger partial charge in [-0.05, 0) is 23.3 Å². The van der Waals surface area contributed by atoms with Gasteiger partial charge in [0.1, 0.15) is 5.69 Å². The zero-order valence-corrected chi connectivity index (χ0v) is 11.5. The van der Waals surface area contributed by atoms with E-state index in [0.717, 1.165) is 17.2 Å². The van der Waals surface area contributed by atoms with Gasteiger partial charge in [-0.15, -0.1) is 0 Å². The van der Waals surface area contributed by atoms with Crippen LogP contribution in [0.4, 0.5) is 0 Å². The van der Waals surface area contributed by atoms with E-state index in [1.54, 1.807) is 36.1 Å². The molecule has 0 radical (unpaired) electrons. The summed E-state index contributed by atoms with van der Waals surface area (Å²) in [6.45, 7) is 0.387. The van der Waals surface area contributed by atoms with Crippen LogP contribution in [0.3, 0.4) is 0 Å². The standard InChI is InChI=1S/C15H15N3O3/c1-18-9-8-13(17-18)15(21)16-10-12-4-2-11(3-5-12)6-7-14(19)20/h2-9H,10H2,1H3,(H,16,21)(H,19,20)/b7-6+. The molecule has 0 saturated carbocycles. The molecule has 1 aromatic carbocycles. The summed E-state index contributed by atoms with van der Waals surface area (Å²) in [5.74, 6) is -1.22. The van der Waals surface area contributed by atoms with Gasteiger partial charge >= 0.3 is 5.97 Å². The monoisotopic (exact) mass is 285 g/mol. The van der Waals surface area contributed by atoms with Crippen molar-refractivity contribution in [3.8, 4) is 0 Å². The molecule has 0 aliphatic carbocycles. The number of hydrogen-bond donors (Lipinski definition) is 2. The minimum Gasteiger partial charge on any atom is -0.478 e. The van der Waals surface area contributed by atoms with E-state index in [4.69, 9.17) is 5.11 Å². The maximum absolute atomic E-state index is 11.8. The summed E-state index contributed by atoms with van der Waals surface area (Å²) in [7, 11) is 1.75. The lowest BCUT2D eigenvalue weighted by atomic mass is 10.1. The van der Waals surface area contributed by atoms with E-state index < -0.39 is 5.97 Å². The summed E-state index contributed by atoms with van der Waals surface area (Å²) < 4.78 is 1.57. The van der Waals surface area contributed by atoms with Crippen molar-refractivity contribution >= 4 is 18.0 Å². The van der Waals surface area contributed by atoms with Gasteiger partial charge in [0.05, 0.1) is 0 Å². The molecule has 2 rings (SSSR count). The number of carbonyl (C=O) groups excluding carboxylic acids is 1. The van der Waals surface area contributed by atoms with Crippen LogP contribution in [-0.2, 0) is 18.4 Å². The molecule has 108 valence electrons. The van der Waals surface area contributed by atoms with E-state index in [9.17, 15) is 9.59 Å². The Morgan fingerprint density at radius 2 is 2.00 bits per heavy atom. The fraction of sp³-hybridized carbons (Fsp3) is 0.133. The molecule has 0 fully saturated rings. The van der Waals surface area contributed by atoms with Gasteiger partial charge in [-0.25, -0.2) is 4.79 Å². The number of rotatable bonds is 5.